The Labute approximate surface area is 126 Å². The Bertz CT molecular complexity index is 510. The zero-order chi connectivity index (χ0) is 15.5. The van der Waals surface area contributed by atoms with Gasteiger partial charge in [0.25, 0.3) is 0 Å². The SMILES string of the molecule is COc1ccc(CN(C)C(=O)C2(N)CCCC2)cc1OC. The highest BCUT2D eigenvalue weighted by molar-refractivity contribution is 5.86. The standard InChI is InChI=1S/C16H24N2O3/c1-18(15(19)16(17)8-4-5-9-16)11-12-6-7-13(20-2)14(10-12)21-3/h6-7,10H,4-5,8-9,11,17H2,1-3H3. The molecule has 0 aliphatic heterocycles. The normalized spacial score (nSPS) is 16.6. The summed E-state index contributed by atoms with van der Waals surface area (Å²) < 4.78 is 10.5. The Morgan fingerprint density at radius 3 is 2.43 bits per heavy atom. The van der Waals surface area contributed by atoms with Gasteiger partial charge in [0.2, 0.25) is 5.91 Å². The fraction of sp³-hybridized carbons (Fsp3) is 0.562. The molecule has 1 aliphatic rings. The van der Waals surface area contributed by atoms with Crippen molar-refractivity contribution in [3.63, 3.8) is 0 Å². The lowest BCUT2D eigenvalue weighted by molar-refractivity contribution is -0.136. The number of hydrogen-bond donors (Lipinski definition) is 1. The molecule has 0 atom stereocenters. The van der Waals surface area contributed by atoms with Gasteiger partial charge >= 0.3 is 0 Å². The van der Waals surface area contributed by atoms with Gasteiger partial charge in [-0.15, -0.1) is 0 Å². The molecular formula is C16H24N2O3. The predicted molar refractivity (Wildman–Crippen MR) is 81.4 cm³/mol. The maximum absolute atomic E-state index is 12.5. The second-order valence-corrected chi connectivity index (χ2v) is 5.71. The summed E-state index contributed by atoms with van der Waals surface area (Å²) in [5, 5.41) is 0. The number of benzene rings is 1. The van der Waals surface area contributed by atoms with Crippen molar-refractivity contribution in [2.45, 2.75) is 37.8 Å². The van der Waals surface area contributed by atoms with Gasteiger partial charge in [0.05, 0.1) is 19.8 Å². The second kappa shape index (κ2) is 6.35. The minimum atomic E-state index is -0.675. The number of carbonyl (C=O) groups excluding carboxylic acids is 1. The van der Waals surface area contributed by atoms with E-state index in [0.717, 1.165) is 31.2 Å². The highest BCUT2D eigenvalue weighted by atomic mass is 16.5. The summed E-state index contributed by atoms with van der Waals surface area (Å²) in [5.74, 6) is 1.37. The molecule has 1 saturated carbocycles. The van der Waals surface area contributed by atoms with E-state index in [1.165, 1.54) is 0 Å². The number of carbonyl (C=O) groups is 1. The third kappa shape index (κ3) is 3.29. The van der Waals surface area contributed by atoms with Crippen LogP contribution < -0.4 is 15.2 Å². The number of likely N-dealkylation sites (N-methyl/N-ethyl adjacent to an activating group) is 1. The van der Waals surface area contributed by atoms with Gasteiger partial charge in [-0.3, -0.25) is 4.79 Å². The van der Waals surface area contributed by atoms with E-state index in [1.54, 1.807) is 26.2 Å². The van der Waals surface area contributed by atoms with Crippen molar-refractivity contribution in [2.75, 3.05) is 21.3 Å². The fourth-order valence-electron chi connectivity index (χ4n) is 2.92. The van der Waals surface area contributed by atoms with Gasteiger partial charge in [-0.2, -0.15) is 0 Å². The maximum Gasteiger partial charge on any atom is 0.242 e. The van der Waals surface area contributed by atoms with Gasteiger partial charge < -0.3 is 20.1 Å². The van der Waals surface area contributed by atoms with Gasteiger partial charge in [0.15, 0.2) is 11.5 Å². The van der Waals surface area contributed by atoms with E-state index in [-0.39, 0.29) is 5.91 Å². The lowest BCUT2D eigenvalue weighted by Crippen LogP contribution is -2.52. The minimum Gasteiger partial charge on any atom is -0.493 e. The first-order chi connectivity index (χ1) is 10.00. The molecule has 2 rings (SSSR count). The van der Waals surface area contributed by atoms with Gasteiger partial charge in [-0.1, -0.05) is 18.9 Å². The molecule has 0 heterocycles. The smallest absolute Gasteiger partial charge is 0.242 e. The molecular weight excluding hydrogens is 268 g/mol. The summed E-state index contributed by atoms with van der Waals surface area (Å²) in [6.07, 6.45) is 3.63. The first-order valence-electron chi connectivity index (χ1n) is 7.25. The van der Waals surface area contributed by atoms with Crippen molar-refractivity contribution in [1.29, 1.82) is 0 Å². The molecule has 1 fully saturated rings. The first-order valence-corrected chi connectivity index (χ1v) is 7.25. The zero-order valence-corrected chi connectivity index (χ0v) is 13.0. The molecule has 116 valence electrons. The van der Waals surface area contributed by atoms with E-state index in [9.17, 15) is 4.79 Å². The van der Waals surface area contributed by atoms with Gasteiger partial charge in [0, 0.05) is 13.6 Å². The van der Waals surface area contributed by atoms with Crippen LogP contribution in [-0.2, 0) is 11.3 Å². The van der Waals surface area contributed by atoms with Crippen molar-refractivity contribution in [3.05, 3.63) is 23.8 Å². The lowest BCUT2D eigenvalue weighted by atomic mass is 9.97. The van der Waals surface area contributed by atoms with E-state index in [1.807, 2.05) is 18.2 Å². The number of ether oxygens (including phenoxy) is 2. The predicted octanol–water partition coefficient (Wildman–Crippen LogP) is 1.93. The van der Waals surface area contributed by atoms with Crippen LogP contribution in [0.1, 0.15) is 31.2 Å². The summed E-state index contributed by atoms with van der Waals surface area (Å²) in [6.45, 7) is 0.512. The van der Waals surface area contributed by atoms with Crippen LogP contribution in [0.25, 0.3) is 0 Å². The molecule has 21 heavy (non-hydrogen) atoms. The highest BCUT2D eigenvalue weighted by Crippen LogP contribution is 2.30. The van der Waals surface area contributed by atoms with Crippen LogP contribution in [0.5, 0.6) is 11.5 Å². The molecule has 5 heteroatoms. The minimum absolute atomic E-state index is 0.0229. The molecule has 2 N–H and O–H groups in total. The first kappa shape index (κ1) is 15.6. The van der Waals surface area contributed by atoms with E-state index < -0.39 is 5.54 Å². The number of nitrogens with zero attached hydrogens (tertiary/aromatic N) is 1. The molecule has 1 amide bonds. The molecule has 0 spiro atoms. The Hall–Kier alpha value is -1.75. The van der Waals surface area contributed by atoms with Crippen molar-refractivity contribution >= 4 is 5.91 Å². The Morgan fingerprint density at radius 2 is 1.86 bits per heavy atom. The highest BCUT2D eigenvalue weighted by Gasteiger charge is 2.38. The maximum atomic E-state index is 12.5. The van der Waals surface area contributed by atoms with Crippen LogP contribution in [0, 0.1) is 0 Å². The third-order valence-electron chi connectivity index (χ3n) is 4.14. The summed E-state index contributed by atoms with van der Waals surface area (Å²) >= 11 is 0. The number of amides is 1. The number of methoxy groups -OCH3 is 2. The number of hydrogen-bond acceptors (Lipinski definition) is 4. The average molecular weight is 292 g/mol. The van der Waals surface area contributed by atoms with E-state index in [2.05, 4.69) is 0 Å². The second-order valence-electron chi connectivity index (χ2n) is 5.71. The molecule has 0 bridgehead atoms. The molecule has 0 aromatic heterocycles. The Balaban J connectivity index is 2.08. The Kier molecular flexibility index (Phi) is 4.73. The van der Waals surface area contributed by atoms with Crippen LogP contribution >= 0.6 is 0 Å². The lowest BCUT2D eigenvalue weighted by Gasteiger charge is -2.29. The van der Waals surface area contributed by atoms with Crippen LogP contribution in [0.3, 0.4) is 0 Å². The van der Waals surface area contributed by atoms with E-state index in [0.29, 0.717) is 18.0 Å². The van der Waals surface area contributed by atoms with Crippen molar-refractivity contribution in [1.82, 2.24) is 4.90 Å². The molecule has 1 aromatic rings. The van der Waals surface area contributed by atoms with Crippen molar-refractivity contribution in [2.24, 2.45) is 5.73 Å². The summed E-state index contributed by atoms with van der Waals surface area (Å²) in [7, 11) is 5.00. The van der Waals surface area contributed by atoms with Crippen LogP contribution in [0.15, 0.2) is 18.2 Å². The quantitative estimate of drug-likeness (QED) is 0.900. The summed E-state index contributed by atoms with van der Waals surface area (Å²) in [5.41, 5.74) is 6.54. The Morgan fingerprint density at radius 1 is 1.24 bits per heavy atom. The van der Waals surface area contributed by atoms with Gasteiger partial charge in [0.1, 0.15) is 0 Å². The molecule has 1 aromatic carbocycles. The van der Waals surface area contributed by atoms with Crippen LogP contribution in [-0.4, -0.2) is 37.6 Å². The van der Waals surface area contributed by atoms with Crippen molar-refractivity contribution in [3.8, 4) is 11.5 Å². The summed E-state index contributed by atoms with van der Waals surface area (Å²) in [6, 6.07) is 5.67. The molecule has 5 nitrogen and oxygen atoms in total. The zero-order valence-electron chi connectivity index (χ0n) is 13.0. The third-order valence-corrected chi connectivity index (χ3v) is 4.14. The van der Waals surface area contributed by atoms with Gasteiger partial charge in [-0.05, 0) is 30.5 Å². The largest absolute Gasteiger partial charge is 0.493 e. The number of rotatable bonds is 5. The molecule has 1 aliphatic carbocycles. The van der Waals surface area contributed by atoms with E-state index in [4.69, 9.17) is 15.2 Å². The molecule has 0 saturated heterocycles. The fourth-order valence-corrected chi connectivity index (χ4v) is 2.92. The average Bonchev–Trinajstić information content (AvgIpc) is 2.94. The number of nitrogens with two attached hydrogens (primary N) is 1. The van der Waals surface area contributed by atoms with Crippen LogP contribution in [0.2, 0.25) is 0 Å². The van der Waals surface area contributed by atoms with Crippen molar-refractivity contribution < 1.29 is 14.3 Å². The molecule has 0 unspecified atom stereocenters. The summed E-state index contributed by atoms with van der Waals surface area (Å²) in [4.78, 5) is 14.2. The van der Waals surface area contributed by atoms with Gasteiger partial charge in [-0.25, -0.2) is 0 Å². The topological polar surface area (TPSA) is 64.8 Å². The molecule has 0 radical (unpaired) electrons. The monoisotopic (exact) mass is 292 g/mol. The van der Waals surface area contributed by atoms with Crippen LogP contribution in [0.4, 0.5) is 0 Å². The van der Waals surface area contributed by atoms with E-state index >= 15 is 0 Å².